The summed E-state index contributed by atoms with van der Waals surface area (Å²) in [5, 5.41) is 3.80. The monoisotopic (exact) mass is 307 g/mol. The number of ether oxygens (including phenoxy) is 1. The first-order chi connectivity index (χ1) is 9.60. The van der Waals surface area contributed by atoms with E-state index in [-0.39, 0.29) is 11.4 Å². The van der Waals surface area contributed by atoms with E-state index in [2.05, 4.69) is 5.32 Å². The van der Waals surface area contributed by atoms with Crippen molar-refractivity contribution in [2.24, 2.45) is 0 Å². The maximum atomic E-state index is 12.3. The molecule has 0 aromatic heterocycles. The second-order valence-electron chi connectivity index (χ2n) is 5.72. The molecule has 0 saturated heterocycles. The minimum atomic E-state index is 0.0737. The Hall–Kier alpha value is -1.13. The van der Waals surface area contributed by atoms with Crippen molar-refractivity contribution < 1.29 is 9.53 Å². The van der Waals surface area contributed by atoms with E-state index in [0.29, 0.717) is 10.8 Å². The predicted molar refractivity (Wildman–Crippen MR) is 79.3 cm³/mol. The van der Waals surface area contributed by atoms with E-state index in [1.807, 2.05) is 12.1 Å². The van der Waals surface area contributed by atoms with Gasteiger partial charge in [-0.25, -0.2) is 0 Å². The standard InChI is InChI=1S/C15H14ClNO2S/c1-19-11-6-12-8(5-10(11)16)4-9-7-15(2-3-15)17-14(18)13(9)20-12/h5-6H,2-4,7H2,1H3,(H,17,18). The third kappa shape index (κ3) is 1.85. The summed E-state index contributed by atoms with van der Waals surface area (Å²) in [6, 6.07) is 3.90. The molecule has 1 N–H and O–H groups in total. The highest BCUT2D eigenvalue weighted by molar-refractivity contribution is 8.04. The number of halogens is 1. The van der Waals surface area contributed by atoms with Crippen LogP contribution < -0.4 is 10.1 Å². The quantitative estimate of drug-likeness (QED) is 0.865. The average molecular weight is 308 g/mol. The third-order valence-electron chi connectivity index (χ3n) is 4.26. The summed E-state index contributed by atoms with van der Waals surface area (Å²) in [5.41, 5.74) is 2.54. The van der Waals surface area contributed by atoms with Gasteiger partial charge < -0.3 is 10.1 Å². The molecule has 1 aliphatic carbocycles. The van der Waals surface area contributed by atoms with Crippen molar-refractivity contribution in [3.63, 3.8) is 0 Å². The summed E-state index contributed by atoms with van der Waals surface area (Å²) in [6.07, 6.45) is 4.04. The van der Waals surface area contributed by atoms with Gasteiger partial charge in [-0.15, -0.1) is 0 Å². The summed E-state index contributed by atoms with van der Waals surface area (Å²) in [5.74, 6) is 0.755. The highest BCUT2D eigenvalue weighted by atomic mass is 35.5. The van der Waals surface area contributed by atoms with Crippen LogP contribution in [0, 0.1) is 0 Å². The molecule has 1 amide bonds. The lowest BCUT2D eigenvalue weighted by atomic mass is 9.93. The highest BCUT2D eigenvalue weighted by Gasteiger charge is 2.49. The first-order valence-electron chi connectivity index (χ1n) is 6.69. The number of rotatable bonds is 1. The molecule has 0 unspecified atom stereocenters. The minimum absolute atomic E-state index is 0.0737. The van der Waals surface area contributed by atoms with Gasteiger partial charge in [0.05, 0.1) is 17.0 Å². The highest BCUT2D eigenvalue weighted by Crippen LogP contribution is 2.51. The van der Waals surface area contributed by atoms with Crippen molar-refractivity contribution in [2.75, 3.05) is 7.11 Å². The molecule has 1 spiro atoms. The van der Waals surface area contributed by atoms with E-state index >= 15 is 0 Å². The van der Waals surface area contributed by atoms with Gasteiger partial charge in [-0.1, -0.05) is 23.4 Å². The number of methoxy groups -OCH3 is 1. The molecule has 0 radical (unpaired) electrons. The molecule has 20 heavy (non-hydrogen) atoms. The van der Waals surface area contributed by atoms with E-state index in [1.165, 1.54) is 11.1 Å². The van der Waals surface area contributed by atoms with Crippen LogP contribution in [0.15, 0.2) is 27.5 Å². The Morgan fingerprint density at radius 1 is 1.40 bits per heavy atom. The zero-order valence-corrected chi connectivity index (χ0v) is 12.7. The number of benzene rings is 1. The predicted octanol–water partition coefficient (Wildman–Crippen LogP) is 3.30. The van der Waals surface area contributed by atoms with E-state index in [4.69, 9.17) is 16.3 Å². The van der Waals surface area contributed by atoms with Crippen LogP contribution in [0.1, 0.15) is 24.8 Å². The molecule has 1 aromatic carbocycles. The number of nitrogens with one attached hydrogen (secondary N) is 1. The van der Waals surface area contributed by atoms with Gasteiger partial charge in [-0.3, -0.25) is 4.79 Å². The first kappa shape index (κ1) is 12.6. The number of carbonyl (C=O) groups excluding carboxylic acids is 1. The Bertz CT molecular complexity index is 664. The number of hydrogen-bond acceptors (Lipinski definition) is 3. The molecular formula is C15H14ClNO2S. The van der Waals surface area contributed by atoms with Gasteiger partial charge in [0.15, 0.2) is 0 Å². The van der Waals surface area contributed by atoms with Crippen molar-refractivity contribution in [1.29, 1.82) is 0 Å². The van der Waals surface area contributed by atoms with Crippen molar-refractivity contribution >= 4 is 29.3 Å². The molecule has 0 atom stereocenters. The molecule has 1 fully saturated rings. The third-order valence-corrected chi connectivity index (χ3v) is 5.84. The molecule has 0 bridgehead atoms. The number of fused-ring (bicyclic) bond motifs is 1. The second kappa shape index (κ2) is 4.18. The Labute approximate surface area is 126 Å². The van der Waals surface area contributed by atoms with Gasteiger partial charge in [0.2, 0.25) is 0 Å². The number of hydrogen-bond donors (Lipinski definition) is 1. The summed E-state index contributed by atoms with van der Waals surface area (Å²) in [6.45, 7) is 0. The lowest BCUT2D eigenvalue weighted by molar-refractivity contribution is -0.118. The molecule has 3 nitrogen and oxygen atoms in total. The van der Waals surface area contributed by atoms with Crippen LogP contribution >= 0.6 is 23.4 Å². The van der Waals surface area contributed by atoms with E-state index in [1.54, 1.807) is 18.9 Å². The van der Waals surface area contributed by atoms with Crippen molar-refractivity contribution in [1.82, 2.24) is 5.32 Å². The number of thioether (sulfide) groups is 1. The van der Waals surface area contributed by atoms with E-state index in [0.717, 1.165) is 35.5 Å². The lowest BCUT2D eigenvalue weighted by Gasteiger charge is -2.31. The smallest absolute Gasteiger partial charge is 0.258 e. The van der Waals surface area contributed by atoms with Gasteiger partial charge in [0.1, 0.15) is 5.75 Å². The Morgan fingerprint density at radius 2 is 2.20 bits per heavy atom. The molecule has 3 aliphatic rings. The Morgan fingerprint density at radius 3 is 2.90 bits per heavy atom. The molecule has 1 saturated carbocycles. The molecule has 104 valence electrons. The van der Waals surface area contributed by atoms with Gasteiger partial charge in [-0.2, -0.15) is 0 Å². The van der Waals surface area contributed by atoms with Crippen LogP contribution in [-0.4, -0.2) is 18.6 Å². The van der Waals surface area contributed by atoms with E-state index in [9.17, 15) is 4.79 Å². The fourth-order valence-electron chi connectivity index (χ4n) is 3.01. The molecule has 1 aromatic rings. The molecule has 2 aliphatic heterocycles. The van der Waals surface area contributed by atoms with Gasteiger partial charge in [-0.05, 0) is 49.0 Å². The summed E-state index contributed by atoms with van der Waals surface area (Å²) >= 11 is 7.75. The zero-order valence-electron chi connectivity index (χ0n) is 11.1. The molecule has 4 rings (SSSR count). The Balaban J connectivity index is 1.74. The summed E-state index contributed by atoms with van der Waals surface area (Å²) in [4.78, 5) is 14.2. The SMILES string of the molecule is COc1cc2c(cc1Cl)CC1=C(S2)C(=O)NC2(CC2)C1. The van der Waals surface area contributed by atoms with Crippen LogP contribution in [0.3, 0.4) is 0 Å². The maximum Gasteiger partial charge on any atom is 0.258 e. The lowest BCUT2D eigenvalue weighted by Crippen LogP contribution is -2.42. The molecule has 2 heterocycles. The van der Waals surface area contributed by atoms with Gasteiger partial charge in [0.25, 0.3) is 5.91 Å². The van der Waals surface area contributed by atoms with Crippen LogP contribution in [0.25, 0.3) is 0 Å². The molecule has 5 heteroatoms. The minimum Gasteiger partial charge on any atom is -0.495 e. The topological polar surface area (TPSA) is 38.3 Å². The maximum absolute atomic E-state index is 12.3. The van der Waals surface area contributed by atoms with Crippen molar-refractivity contribution in [3.05, 3.63) is 33.2 Å². The summed E-state index contributed by atoms with van der Waals surface area (Å²) < 4.78 is 5.26. The molecular weight excluding hydrogens is 294 g/mol. The fourth-order valence-corrected chi connectivity index (χ4v) is 4.35. The van der Waals surface area contributed by atoms with Crippen LogP contribution in [0.5, 0.6) is 5.75 Å². The van der Waals surface area contributed by atoms with Gasteiger partial charge in [0, 0.05) is 10.4 Å². The fraction of sp³-hybridized carbons (Fsp3) is 0.400. The van der Waals surface area contributed by atoms with Crippen molar-refractivity contribution in [3.8, 4) is 5.75 Å². The average Bonchev–Trinajstić information content (AvgIpc) is 3.15. The zero-order chi connectivity index (χ0) is 13.9. The van der Waals surface area contributed by atoms with Gasteiger partial charge >= 0.3 is 0 Å². The largest absolute Gasteiger partial charge is 0.495 e. The number of amides is 1. The second-order valence-corrected chi connectivity index (χ2v) is 7.18. The van der Waals surface area contributed by atoms with E-state index < -0.39 is 0 Å². The van der Waals surface area contributed by atoms with Crippen LogP contribution in [-0.2, 0) is 11.2 Å². The van der Waals surface area contributed by atoms with Crippen molar-refractivity contribution in [2.45, 2.75) is 36.1 Å². The number of carbonyl (C=O) groups is 1. The Kier molecular flexibility index (Phi) is 2.63. The van der Waals surface area contributed by atoms with Crippen LogP contribution in [0.4, 0.5) is 0 Å². The first-order valence-corrected chi connectivity index (χ1v) is 7.88. The normalized spacial score (nSPS) is 22.2. The van der Waals surface area contributed by atoms with Crippen LogP contribution in [0.2, 0.25) is 5.02 Å². The summed E-state index contributed by atoms with van der Waals surface area (Å²) in [7, 11) is 1.61.